The lowest BCUT2D eigenvalue weighted by Gasteiger charge is -2.21. The summed E-state index contributed by atoms with van der Waals surface area (Å²) in [4.78, 5) is 18.6. The number of aromatic nitrogens is 1. The van der Waals surface area contributed by atoms with Crippen molar-refractivity contribution < 1.29 is 4.79 Å². The Morgan fingerprint density at radius 1 is 1.21 bits per heavy atom. The van der Waals surface area contributed by atoms with Crippen LogP contribution in [0.25, 0.3) is 0 Å². The number of thioether (sulfide) groups is 1. The molecule has 4 heteroatoms. The fraction of sp³-hybridized carbons (Fsp3) is 0.200. The molecule has 2 rings (SSSR count). The maximum absolute atomic E-state index is 12.6. The Hall–Kier alpha value is -1.81. The van der Waals surface area contributed by atoms with Crippen molar-refractivity contribution in [2.24, 2.45) is 0 Å². The normalized spacial score (nSPS) is 10.2. The predicted octanol–water partition coefficient (Wildman–Crippen LogP) is 3.47. The molecule has 0 atom stereocenters. The Morgan fingerprint density at radius 3 is 2.58 bits per heavy atom. The minimum Gasteiger partial charge on any atom is -0.309 e. The van der Waals surface area contributed by atoms with Gasteiger partial charge in [0.1, 0.15) is 5.03 Å². The van der Waals surface area contributed by atoms with E-state index in [1.165, 1.54) is 11.8 Å². The van der Waals surface area contributed by atoms with E-state index in [0.717, 1.165) is 10.7 Å². The molecule has 0 bridgehead atoms. The van der Waals surface area contributed by atoms with Crippen LogP contribution in [0.5, 0.6) is 0 Å². The summed E-state index contributed by atoms with van der Waals surface area (Å²) < 4.78 is 0. The summed E-state index contributed by atoms with van der Waals surface area (Å²) >= 11 is 1.49. The molecule has 0 N–H and O–H groups in total. The number of para-hydroxylation sites is 1. The van der Waals surface area contributed by atoms with Crippen LogP contribution >= 0.6 is 11.8 Å². The molecule has 0 saturated heterocycles. The number of benzene rings is 1. The first-order chi connectivity index (χ1) is 9.27. The third kappa shape index (κ3) is 2.96. The van der Waals surface area contributed by atoms with Crippen LogP contribution < -0.4 is 4.90 Å². The summed E-state index contributed by atoms with van der Waals surface area (Å²) in [5, 5.41) is 0.766. The number of anilines is 1. The summed E-state index contributed by atoms with van der Waals surface area (Å²) in [5.41, 5.74) is 1.56. The highest BCUT2D eigenvalue weighted by atomic mass is 32.2. The topological polar surface area (TPSA) is 33.2 Å². The van der Waals surface area contributed by atoms with Gasteiger partial charge in [-0.05, 0) is 37.4 Å². The molecular formula is C15H16N2OS. The molecule has 0 radical (unpaired) electrons. The number of pyridine rings is 1. The lowest BCUT2D eigenvalue weighted by atomic mass is 10.2. The molecule has 19 heavy (non-hydrogen) atoms. The smallest absolute Gasteiger partial charge is 0.261 e. The van der Waals surface area contributed by atoms with E-state index >= 15 is 0 Å². The quantitative estimate of drug-likeness (QED) is 0.799. The average molecular weight is 272 g/mol. The zero-order valence-corrected chi connectivity index (χ0v) is 11.9. The number of carbonyl (C=O) groups excluding carboxylic acids is 1. The van der Waals surface area contributed by atoms with E-state index in [2.05, 4.69) is 4.98 Å². The Balaban J connectivity index is 2.36. The second-order valence-corrected chi connectivity index (χ2v) is 4.74. The Bertz CT molecular complexity index is 557. The van der Waals surface area contributed by atoms with Gasteiger partial charge >= 0.3 is 0 Å². The van der Waals surface area contributed by atoms with E-state index < -0.39 is 0 Å². The van der Waals surface area contributed by atoms with Gasteiger partial charge in [-0.3, -0.25) is 4.79 Å². The first-order valence-corrected chi connectivity index (χ1v) is 7.36. The SMILES string of the molecule is CCN(C(=O)c1cccnc1SC)c1ccccc1. The third-order valence-corrected chi connectivity index (χ3v) is 3.54. The summed E-state index contributed by atoms with van der Waals surface area (Å²) in [5.74, 6) is -0.00819. The molecule has 98 valence electrons. The van der Waals surface area contributed by atoms with Crippen LogP contribution in [-0.4, -0.2) is 23.7 Å². The van der Waals surface area contributed by atoms with Crippen molar-refractivity contribution in [3.8, 4) is 0 Å². The fourth-order valence-electron chi connectivity index (χ4n) is 1.91. The van der Waals surface area contributed by atoms with Gasteiger partial charge in [0, 0.05) is 18.4 Å². The largest absolute Gasteiger partial charge is 0.309 e. The standard InChI is InChI=1S/C15H16N2OS/c1-3-17(12-8-5-4-6-9-12)15(18)13-10-7-11-16-14(13)19-2/h4-11H,3H2,1-2H3. The van der Waals surface area contributed by atoms with Gasteiger partial charge in [-0.25, -0.2) is 4.98 Å². The van der Waals surface area contributed by atoms with Crippen molar-refractivity contribution >= 4 is 23.4 Å². The fourth-order valence-corrected chi connectivity index (χ4v) is 2.45. The van der Waals surface area contributed by atoms with Gasteiger partial charge in [-0.2, -0.15) is 0 Å². The zero-order chi connectivity index (χ0) is 13.7. The van der Waals surface area contributed by atoms with Crippen molar-refractivity contribution in [1.29, 1.82) is 0 Å². The molecule has 1 heterocycles. The summed E-state index contributed by atoms with van der Waals surface area (Å²) in [6.07, 6.45) is 3.64. The maximum atomic E-state index is 12.6. The first kappa shape index (κ1) is 13.6. The summed E-state index contributed by atoms with van der Waals surface area (Å²) in [7, 11) is 0. The molecule has 0 aliphatic carbocycles. The maximum Gasteiger partial charge on any atom is 0.261 e. The van der Waals surface area contributed by atoms with E-state index in [0.29, 0.717) is 12.1 Å². The van der Waals surface area contributed by atoms with Crippen LogP contribution in [0.4, 0.5) is 5.69 Å². The average Bonchev–Trinajstić information content (AvgIpc) is 2.49. The molecule has 0 fully saturated rings. The number of nitrogens with zero attached hydrogens (tertiary/aromatic N) is 2. The zero-order valence-electron chi connectivity index (χ0n) is 11.0. The lowest BCUT2D eigenvalue weighted by Crippen LogP contribution is -2.31. The molecule has 3 nitrogen and oxygen atoms in total. The predicted molar refractivity (Wildman–Crippen MR) is 79.8 cm³/mol. The summed E-state index contributed by atoms with van der Waals surface area (Å²) in [6, 6.07) is 13.3. The van der Waals surface area contributed by atoms with Gasteiger partial charge in [0.2, 0.25) is 0 Å². The number of carbonyl (C=O) groups is 1. The van der Waals surface area contributed by atoms with E-state index in [-0.39, 0.29) is 5.91 Å². The highest BCUT2D eigenvalue weighted by Gasteiger charge is 2.19. The number of hydrogen-bond acceptors (Lipinski definition) is 3. The Kier molecular flexibility index (Phi) is 4.58. The van der Waals surface area contributed by atoms with Crippen LogP contribution in [0.15, 0.2) is 53.7 Å². The van der Waals surface area contributed by atoms with Gasteiger partial charge < -0.3 is 4.90 Å². The molecule has 0 saturated carbocycles. The van der Waals surface area contributed by atoms with E-state index in [4.69, 9.17) is 0 Å². The van der Waals surface area contributed by atoms with Crippen LogP contribution in [-0.2, 0) is 0 Å². The van der Waals surface area contributed by atoms with Crippen molar-refractivity contribution in [1.82, 2.24) is 4.98 Å². The van der Waals surface area contributed by atoms with E-state index in [9.17, 15) is 4.79 Å². The monoisotopic (exact) mass is 272 g/mol. The molecule has 0 unspecified atom stereocenters. The molecular weight excluding hydrogens is 256 g/mol. The summed E-state index contributed by atoms with van der Waals surface area (Å²) in [6.45, 7) is 2.60. The molecule has 2 aromatic rings. The van der Waals surface area contributed by atoms with Crippen LogP contribution in [0.2, 0.25) is 0 Å². The van der Waals surface area contributed by atoms with Crippen LogP contribution in [0.3, 0.4) is 0 Å². The van der Waals surface area contributed by atoms with Gasteiger partial charge in [-0.15, -0.1) is 11.8 Å². The van der Waals surface area contributed by atoms with E-state index in [1.54, 1.807) is 17.2 Å². The van der Waals surface area contributed by atoms with Crippen molar-refractivity contribution in [2.75, 3.05) is 17.7 Å². The lowest BCUT2D eigenvalue weighted by molar-refractivity contribution is 0.0985. The molecule has 1 aromatic carbocycles. The number of rotatable bonds is 4. The number of hydrogen-bond donors (Lipinski definition) is 0. The van der Waals surface area contributed by atoms with Gasteiger partial charge in [0.15, 0.2) is 0 Å². The molecule has 0 aliphatic heterocycles. The highest BCUT2D eigenvalue weighted by molar-refractivity contribution is 7.98. The van der Waals surface area contributed by atoms with E-state index in [1.807, 2.05) is 49.6 Å². The first-order valence-electron chi connectivity index (χ1n) is 6.13. The second kappa shape index (κ2) is 6.38. The second-order valence-electron chi connectivity index (χ2n) is 3.95. The highest BCUT2D eigenvalue weighted by Crippen LogP contribution is 2.22. The van der Waals surface area contributed by atoms with Gasteiger partial charge in [0.25, 0.3) is 5.91 Å². The minimum atomic E-state index is -0.00819. The molecule has 1 amide bonds. The third-order valence-electron chi connectivity index (χ3n) is 2.82. The Morgan fingerprint density at radius 2 is 1.95 bits per heavy atom. The van der Waals surface area contributed by atoms with Crippen molar-refractivity contribution in [3.63, 3.8) is 0 Å². The Labute approximate surface area is 117 Å². The molecule has 1 aromatic heterocycles. The van der Waals surface area contributed by atoms with Gasteiger partial charge in [-0.1, -0.05) is 18.2 Å². The van der Waals surface area contributed by atoms with Gasteiger partial charge in [0.05, 0.1) is 5.56 Å². The minimum absolute atomic E-state index is 0.00819. The van der Waals surface area contributed by atoms with Crippen molar-refractivity contribution in [2.45, 2.75) is 11.9 Å². The number of amides is 1. The van der Waals surface area contributed by atoms with Crippen LogP contribution in [0.1, 0.15) is 17.3 Å². The molecule has 0 aliphatic rings. The molecule has 0 spiro atoms. The van der Waals surface area contributed by atoms with Crippen molar-refractivity contribution in [3.05, 3.63) is 54.2 Å². The van der Waals surface area contributed by atoms with Crippen LogP contribution in [0, 0.1) is 0 Å².